The van der Waals surface area contributed by atoms with Gasteiger partial charge in [0.25, 0.3) is 5.91 Å². The monoisotopic (exact) mass is 293 g/mol. The van der Waals surface area contributed by atoms with Crippen molar-refractivity contribution in [1.29, 1.82) is 0 Å². The van der Waals surface area contributed by atoms with Gasteiger partial charge in [-0.1, -0.05) is 0 Å². The standard InChI is InChI=1S/C10H10BrF2NO2/c1-10(2,9(14)15)16-6-4-3-5(11)7(12)8(6)13/h3-4H,1-2H3,(H2,14,15). The van der Waals surface area contributed by atoms with Crippen LogP contribution in [0.4, 0.5) is 8.78 Å². The fourth-order valence-electron chi connectivity index (χ4n) is 0.912. The number of carbonyl (C=O) groups is 1. The molecule has 0 fully saturated rings. The third kappa shape index (κ3) is 2.49. The third-order valence-corrected chi connectivity index (χ3v) is 2.57. The number of primary amides is 1. The van der Waals surface area contributed by atoms with Crippen molar-refractivity contribution < 1.29 is 18.3 Å². The maximum atomic E-state index is 13.4. The summed E-state index contributed by atoms with van der Waals surface area (Å²) >= 11 is 2.83. The van der Waals surface area contributed by atoms with Crippen LogP contribution in [0.1, 0.15) is 13.8 Å². The summed E-state index contributed by atoms with van der Waals surface area (Å²) in [5, 5.41) is 0. The number of benzene rings is 1. The van der Waals surface area contributed by atoms with E-state index in [2.05, 4.69) is 15.9 Å². The van der Waals surface area contributed by atoms with Crippen molar-refractivity contribution in [3.8, 4) is 5.75 Å². The van der Waals surface area contributed by atoms with E-state index in [9.17, 15) is 13.6 Å². The summed E-state index contributed by atoms with van der Waals surface area (Å²) in [5.74, 6) is -3.36. The van der Waals surface area contributed by atoms with E-state index >= 15 is 0 Å². The van der Waals surface area contributed by atoms with Crippen LogP contribution in [-0.4, -0.2) is 11.5 Å². The molecule has 6 heteroatoms. The Morgan fingerprint density at radius 1 is 1.38 bits per heavy atom. The van der Waals surface area contributed by atoms with E-state index in [1.54, 1.807) is 0 Å². The van der Waals surface area contributed by atoms with Crippen LogP contribution in [0.15, 0.2) is 16.6 Å². The summed E-state index contributed by atoms with van der Waals surface area (Å²) < 4.78 is 31.5. The molecule has 0 aliphatic heterocycles. The molecule has 1 rings (SSSR count). The first kappa shape index (κ1) is 12.9. The Morgan fingerprint density at radius 2 is 1.94 bits per heavy atom. The molecular weight excluding hydrogens is 284 g/mol. The van der Waals surface area contributed by atoms with Gasteiger partial charge < -0.3 is 10.5 Å². The Bertz CT molecular complexity index is 435. The first-order chi connectivity index (χ1) is 7.25. The van der Waals surface area contributed by atoms with E-state index in [4.69, 9.17) is 10.5 Å². The number of nitrogens with two attached hydrogens (primary N) is 1. The van der Waals surface area contributed by atoms with Gasteiger partial charge in [-0.2, -0.15) is 4.39 Å². The Balaban J connectivity index is 3.08. The molecule has 1 aromatic rings. The molecule has 0 aromatic heterocycles. The van der Waals surface area contributed by atoms with E-state index in [-0.39, 0.29) is 10.2 Å². The minimum absolute atomic E-state index is 0.0192. The fraction of sp³-hybridized carbons (Fsp3) is 0.300. The third-order valence-electron chi connectivity index (χ3n) is 1.96. The minimum atomic E-state index is -1.40. The molecule has 3 nitrogen and oxygen atoms in total. The number of hydrogen-bond acceptors (Lipinski definition) is 2. The second kappa shape index (κ2) is 4.37. The van der Waals surface area contributed by atoms with Gasteiger partial charge in [0.2, 0.25) is 5.82 Å². The van der Waals surface area contributed by atoms with E-state index < -0.39 is 23.1 Å². The Morgan fingerprint density at radius 3 is 2.44 bits per heavy atom. The van der Waals surface area contributed by atoms with E-state index in [1.807, 2.05) is 0 Å². The van der Waals surface area contributed by atoms with Gasteiger partial charge >= 0.3 is 0 Å². The van der Waals surface area contributed by atoms with Crippen LogP contribution >= 0.6 is 15.9 Å². The predicted octanol–water partition coefficient (Wildman–Crippen LogP) is 2.37. The summed E-state index contributed by atoms with van der Waals surface area (Å²) in [4.78, 5) is 11.0. The lowest BCUT2D eigenvalue weighted by molar-refractivity contribution is -0.130. The lowest BCUT2D eigenvalue weighted by Gasteiger charge is -2.23. The molecule has 16 heavy (non-hydrogen) atoms. The molecule has 0 saturated carbocycles. The zero-order valence-corrected chi connectivity index (χ0v) is 10.3. The quantitative estimate of drug-likeness (QED) is 0.870. The highest BCUT2D eigenvalue weighted by atomic mass is 79.9. The Labute approximate surface area is 99.7 Å². The molecule has 0 heterocycles. The van der Waals surface area contributed by atoms with Crippen LogP contribution in [0.5, 0.6) is 5.75 Å². The normalized spacial score (nSPS) is 11.3. The molecule has 1 amide bonds. The molecule has 88 valence electrons. The smallest absolute Gasteiger partial charge is 0.261 e. The van der Waals surface area contributed by atoms with Gasteiger partial charge in [-0.25, -0.2) is 4.39 Å². The zero-order valence-electron chi connectivity index (χ0n) is 8.68. The van der Waals surface area contributed by atoms with Gasteiger partial charge in [-0.15, -0.1) is 0 Å². The summed E-state index contributed by atoms with van der Waals surface area (Å²) in [6, 6.07) is 2.50. The fourth-order valence-corrected chi connectivity index (χ4v) is 1.22. The summed E-state index contributed by atoms with van der Waals surface area (Å²) in [6.45, 7) is 2.74. The highest BCUT2D eigenvalue weighted by Gasteiger charge is 2.29. The van der Waals surface area contributed by atoms with Crippen molar-refractivity contribution in [2.75, 3.05) is 0 Å². The molecule has 0 aliphatic rings. The molecule has 0 bridgehead atoms. The average Bonchev–Trinajstić information content (AvgIpc) is 2.19. The number of ether oxygens (including phenoxy) is 1. The first-order valence-electron chi connectivity index (χ1n) is 4.38. The van der Waals surface area contributed by atoms with Gasteiger partial charge in [0, 0.05) is 0 Å². The zero-order chi connectivity index (χ0) is 12.5. The van der Waals surface area contributed by atoms with Gasteiger partial charge in [-0.05, 0) is 41.9 Å². The van der Waals surface area contributed by atoms with Crippen molar-refractivity contribution >= 4 is 21.8 Å². The lowest BCUT2D eigenvalue weighted by Crippen LogP contribution is -2.43. The molecule has 1 aromatic carbocycles. The molecule has 0 spiro atoms. The average molecular weight is 294 g/mol. The van der Waals surface area contributed by atoms with Crippen molar-refractivity contribution in [3.63, 3.8) is 0 Å². The van der Waals surface area contributed by atoms with Crippen molar-refractivity contribution in [2.24, 2.45) is 5.73 Å². The van der Waals surface area contributed by atoms with E-state index in [0.29, 0.717) is 0 Å². The molecule has 0 atom stereocenters. The summed E-state index contributed by atoms with van der Waals surface area (Å²) in [5.41, 5.74) is 3.65. The summed E-state index contributed by atoms with van der Waals surface area (Å²) in [6.07, 6.45) is 0. The largest absolute Gasteiger partial charge is 0.475 e. The Hall–Kier alpha value is -1.17. The van der Waals surface area contributed by atoms with Crippen molar-refractivity contribution in [3.05, 3.63) is 28.2 Å². The highest BCUT2D eigenvalue weighted by molar-refractivity contribution is 9.10. The van der Waals surface area contributed by atoms with Crippen LogP contribution < -0.4 is 10.5 Å². The maximum Gasteiger partial charge on any atom is 0.261 e. The van der Waals surface area contributed by atoms with Crippen LogP contribution in [0.3, 0.4) is 0 Å². The molecule has 0 unspecified atom stereocenters. The number of halogens is 3. The van der Waals surface area contributed by atoms with Crippen LogP contribution in [0.2, 0.25) is 0 Å². The van der Waals surface area contributed by atoms with Crippen LogP contribution in [0, 0.1) is 11.6 Å². The van der Waals surface area contributed by atoms with Gasteiger partial charge in [-0.3, -0.25) is 4.79 Å². The predicted molar refractivity (Wildman–Crippen MR) is 58.0 cm³/mol. The molecule has 0 radical (unpaired) electrons. The second-order valence-electron chi connectivity index (χ2n) is 3.65. The van der Waals surface area contributed by atoms with E-state index in [1.165, 1.54) is 26.0 Å². The molecule has 0 aliphatic carbocycles. The van der Waals surface area contributed by atoms with Crippen LogP contribution in [0.25, 0.3) is 0 Å². The molecule has 0 saturated heterocycles. The number of hydrogen-bond donors (Lipinski definition) is 1. The Kier molecular flexibility index (Phi) is 3.52. The topological polar surface area (TPSA) is 52.3 Å². The number of amides is 1. The maximum absolute atomic E-state index is 13.4. The second-order valence-corrected chi connectivity index (χ2v) is 4.50. The van der Waals surface area contributed by atoms with E-state index in [0.717, 1.165) is 0 Å². The first-order valence-corrected chi connectivity index (χ1v) is 5.17. The van der Waals surface area contributed by atoms with Gasteiger partial charge in [0.05, 0.1) is 4.47 Å². The highest BCUT2D eigenvalue weighted by Crippen LogP contribution is 2.28. The molecular formula is C10H10BrF2NO2. The minimum Gasteiger partial charge on any atom is -0.475 e. The SMILES string of the molecule is CC(C)(Oc1ccc(Br)c(F)c1F)C(N)=O. The molecule has 2 N–H and O–H groups in total. The lowest BCUT2D eigenvalue weighted by atomic mass is 10.1. The number of rotatable bonds is 3. The van der Waals surface area contributed by atoms with Crippen molar-refractivity contribution in [2.45, 2.75) is 19.4 Å². The van der Waals surface area contributed by atoms with Gasteiger partial charge in [0.1, 0.15) is 0 Å². The summed E-state index contributed by atoms with van der Waals surface area (Å²) in [7, 11) is 0. The van der Waals surface area contributed by atoms with Gasteiger partial charge in [0.15, 0.2) is 17.2 Å². The number of carbonyl (C=O) groups excluding carboxylic acids is 1. The van der Waals surface area contributed by atoms with Crippen LogP contribution in [-0.2, 0) is 4.79 Å². The van der Waals surface area contributed by atoms with Crippen molar-refractivity contribution in [1.82, 2.24) is 0 Å².